The zero-order chi connectivity index (χ0) is 14.5. The number of rotatable bonds is 5. The van der Waals surface area contributed by atoms with Crippen LogP contribution in [0.15, 0.2) is 53.4 Å². The first-order valence-corrected chi connectivity index (χ1v) is 8.16. The minimum absolute atomic E-state index is 0.0418. The summed E-state index contributed by atoms with van der Waals surface area (Å²) in [5, 5.41) is 0.768. The van der Waals surface area contributed by atoms with Crippen LogP contribution in [-0.2, 0) is 0 Å². The number of hydrogen-bond acceptors (Lipinski definition) is 2. The van der Waals surface area contributed by atoms with Crippen LogP contribution in [0.25, 0.3) is 0 Å². The molecule has 0 aliphatic rings. The molecule has 0 spiro atoms. The van der Waals surface area contributed by atoms with Crippen molar-refractivity contribution < 1.29 is 0 Å². The molecule has 3 heteroatoms. The van der Waals surface area contributed by atoms with Crippen LogP contribution in [0.1, 0.15) is 36.9 Å². The van der Waals surface area contributed by atoms with E-state index < -0.39 is 0 Å². The van der Waals surface area contributed by atoms with E-state index in [0.29, 0.717) is 5.92 Å². The Morgan fingerprint density at radius 1 is 1.05 bits per heavy atom. The van der Waals surface area contributed by atoms with Gasteiger partial charge in [-0.15, -0.1) is 11.8 Å². The maximum absolute atomic E-state index is 6.25. The Kier molecular flexibility index (Phi) is 5.53. The van der Waals surface area contributed by atoms with Gasteiger partial charge in [0.15, 0.2) is 0 Å². The fraction of sp³-hybridized carbons (Fsp3) is 0.294. The summed E-state index contributed by atoms with van der Waals surface area (Å²) in [6.07, 6.45) is 0. The highest BCUT2D eigenvalue weighted by atomic mass is 35.5. The fourth-order valence-corrected chi connectivity index (χ4v) is 3.17. The van der Waals surface area contributed by atoms with Gasteiger partial charge in [0, 0.05) is 21.7 Å². The average Bonchev–Trinajstić information content (AvgIpc) is 2.45. The van der Waals surface area contributed by atoms with Crippen LogP contribution in [0, 0.1) is 0 Å². The normalized spacial score (nSPS) is 12.7. The van der Waals surface area contributed by atoms with Crippen molar-refractivity contribution >= 4 is 23.4 Å². The first-order valence-electron chi connectivity index (χ1n) is 6.80. The van der Waals surface area contributed by atoms with Crippen LogP contribution in [0.4, 0.5) is 0 Å². The second kappa shape index (κ2) is 7.16. The summed E-state index contributed by atoms with van der Waals surface area (Å²) >= 11 is 7.72. The Morgan fingerprint density at radius 2 is 1.70 bits per heavy atom. The van der Waals surface area contributed by atoms with Crippen molar-refractivity contribution in [2.24, 2.45) is 5.73 Å². The zero-order valence-corrected chi connectivity index (χ0v) is 13.4. The van der Waals surface area contributed by atoms with Gasteiger partial charge in [-0.05, 0) is 35.2 Å². The topological polar surface area (TPSA) is 26.0 Å². The number of benzene rings is 2. The van der Waals surface area contributed by atoms with E-state index in [1.54, 1.807) is 11.8 Å². The van der Waals surface area contributed by atoms with E-state index >= 15 is 0 Å². The Hall–Kier alpha value is -0.960. The van der Waals surface area contributed by atoms with E-state index in [2.05, 4.69) is 44.2 Å². The van der Waals surface area contributed by atoms with Gasteiger partial charge >= 0.3 is 0 Å². The molecule has 1 atom stereocenters. The lowest BCUT2D eigenvalue weighted by Gasteiger charge is -2.13. The number of thioether (sulfide) groups is 1. The van der Waals surface area contributed by atoms with Crippen molar-refractivity contribution in [1.82, 2.24) is 0 Å². The Labute approximate surface area is 130 Å². The van der Waals surface area contributed by atoms with Gasteiger partial charge in [0.25, 0.3) is 0 Å². The highest BCUT2D eigenvalue weighted by Crippen LogP contribution is 2.26. The van der Waals surface area contributed by atoms with Gasteiger partial charge in [0.05, 0.1) is 0 Å². The average molecular weight is 306 g/mol. The van der Waals surface area contributed by atoms with Crippen molar-refractivity contribution in [3.63, 3.8) is 0 Å². The molecule has 2 rings (SSSR count). The minimum Gasteiger partial charge on any atom is -0.323 e. The quantitative estimate of drug-likeness (QED) is 0.763. The summed E-state index contributed by atoms with van der Waals surface area (Å²) < 4.78 is 0. The summed E-state index contributed by atoms with van der Waals surface area (Å²) in [7, 11) is 0. The van der Waals surface area contributed by atoms with Crippen LogP contribution in [0.3, 0.4) is 0 Å². The lowest BCUT2D eigenvalue weighted by molar-refractivity contribution is 0.822. The van der Waals surface area contributed by atoms with Crippen LogP contribution in [0.5, 0.6) is 0 Å². The first-order chi connectivity index (χ1) is 9.56. The smallest absolute Gasteiger partial charge is 0.0417 e. The molecule has 0 aliphatic heterocycles. The number of halogens is 1. The molecule has 2 N–H and O–H groups in total. The SMILES string of the molecule is CC(C)c1ccc(C(N)CSc2cccc(Cl)c2)cc1. The number of hydrogen-bond donors (Lipinski definition) is 1. The molecule has 0 aliphatic carbocycles. The minimum atomic E-state index is 0.0418. The molecule has 0 amide bonds. The zero-order valence-electron chi connectivity index (χ0n) is 11.8. The van der Waals surface area contributed by atoms with Crippen molar-refractivity contribution in [2.45, 2.75) is 30.7 Å². The van der Waals surface area contributed by atoms with Gasteiger partial charge < -0.3 is 5.73 Å². The largest absolute Gasteiger partial charge is 0.323 e. The molecule has 1 nitrogen and oxygen atoms in total. The lowest BCUT2D eigenvalue weighted by Crippen LogP contribution is -2.12. The molecule has 106 valence electrons. The van der Waals surface area contributed by atoms with Crippen molar-refractivity contribution in [3.05, 3.63) is 64.7 Å². The number of nitrogens with two attached hydrogens (primary N) is 1. The van der Waals surface area contributed by atoms with Crippen molar-refractivity contribution in [3.8, 4) is 0 Å². The van der Waals surface area contributed by atoms with Crippen LogP contribution in [0.2, 0.25) is 5.02 Å². The van der Waals surface area contributed by atoms with Gasteiger partial charge in [-0.2, -0.15) is 0 Å². The molecule has 0 radical (unpaired) electrons. The predicted molar refractivity (Wildman–Crippen MR) is 89.6 cm³/mol. The van der Waals surface area contributed by atoms with Crippen molar-refractivity contribution in [2.75, 3.05) is 5.75 Å². The molecule has 0 bridgehead atoms. The molecule has 2 aromatic rings. The van der Waals surface area contributed by atoms with Gasteiger partial charge in [-0.25, -0.2) is 0 Å². The van der Waals surface area contributed by atoms with E-state index in [4.69, 9.17) is 17.3 Å². The second-order valence-electron chi connectivity index (χ2n) is 5.20. The molecule has 0 saturated carbocycles. The molecule has 0 fully saturated rings. The third-order valence-corrected chi connectivity index (χ3v) is 4.61. The van der Waals surface area contributed by atoms with Crippen LogP contribution < -0.4 is 5.73 Å². The van der Waals surface area contributed by atoms with E-state index in [1.165, 1.54) is 11.1 Å². The van der Waals surface area contributed by atoms with Crippen molar-refractivity contribution in [1.29, 1.82) is 0 Å². The van der Waals surface area contributed by atoms with Gasteiger partial charge in [-0.1, -0.05) is 55.8 Å². The van der Waals surface area contributed by atoms with E-state index in [9.17, 15) is 0 Å². The highest BCUT2D eigenvalue weighted by Gasteiger charge is 2.08. The molecular formula is C17H20ClNS. The fourth-order valence-electron chi connectivity index (χ4n) is 1.97. The van der Waals surface area contributed by atoms with Crippen LogP contribution >= 0.6 is 23.4 Å². The lowest BCUT2D eigenvalue weighted by atomic mass is 10.00. The van der Waals surface area contributed by atoms with E-state index in [1.807, 2.05) is 18.2 Å². The van der Waals surface area contributed by atoms with E-state index in [0.717, 1.165) is 15.7 Å². The van der Waals surface area contributed by atoms with Gasteiger partial charge in [-0.3, -0.25) is 0 Å². The Morgan fingerprint density at radius 3 is 2.30 bits per heavy atom. The summed E-state index contributed by atoms with van der Waals surface area (Å²) in [6, 6.07) is 16.5. The summed E-state index contributed by atoms with van der Waals surface area (Å²) in [5.41, 5.74) is 8.79. The molecule has 0 aromatic heterocycles. The molecule has 0 saturated heterocycles. The third-order valence-electron chi connectivity index (χ3n) is 3.26. The third kappa shape index (κ3) is 4.27. The predicted octanol–water partition coefficient (Wildman–Crippen LogP) is 5.26. The maximum atomic E-state index is 6.25. The van der Waals surface area contributed by atoms with Gasteiger partial charge in [0.2, 0.25) is 0 Å². The van der Waals surface area contributed by atoms with Crippen LogP contribution in [-0.4, -0.2) is 5.75 Å². The standard InChI is InChI=1S/C17H20ClNS/c1-12(2)13-6-8-14(9-7-13)17(19)11-20-16-5-3-4-15(18)10-16/h3-10,12,17H,11,19H2,1-2H3. The molecule has 1 unspecified atom stereocenters. The Bertz CT molecular complexity index is 551. The molecule has 0 heterocycles. The highest BCUT2D eigenvalue weighted by molar-refractivity contribution is 7.99. The first kappa shape index (κ1) is 15.4. The monoisotopic (exact) mass is 305 g/mol. The second-order valence-corrected chi connectivity index (χ2v) is 6.73. The molecule has 20 heavy (non-hydrogen) atoms. The summed E-state index contributed by atoms with van der Waals surface area (Å²) in [5.74, 6) is 1.41. The van der Waals surface area contributed by atoms with Gasteiger partial charge in [0.1, 0.15) is 0 Å². The summed E-state index contributed by atoms with van der Waals surface area (Å²) in [6.45, 7) is 4.40. The van der Waals surface area contributed by atoms with E-state index in [-0.39, 0.29) is 6.04 Å². The summed E-state index contributed by atoms with van der Waals surface area (Å²) in [4.78, 5) is 1.16. The molecular weight excluding hydrogens is 286 g/mol. The maximum Gasteiger partial charge on any atom is 0.0417 e. The molecule has 2 aromatic carbocycles. The Balaban J connectivity index is 1.96.